The first kappa shape index (κ1) is 13.7. The van der Waals surface area contributed by atoms with Crippen molar-refractivity contribution in [3.8, 4) is 0 Å². The Hall–Kier alpha value is -0.320. The Balaban J connectivity index is 4.58. The molecule has 0 spiro atoms. The lowest BCUT2D eigenvalue weighted by Gasteiger charge is -2.13. The van der Waals surface area contributed by atoms with Crippen molar-refractivity contribution in [3.63, 3.8) is 0 Å². The first-order chi connectivity index (χ1) is 6.67. The van der Waals surface area contributed by atoms with Gasteiger partial charge in [-0.25, -0.2) is 5.06 Å². The Kier molecular flexibility index (Phi) is 7.84. The Morgan fingerprint density at radius 2 is 2.29 bits per heavy atom. The van der Waals surface area contributed by atoms with Gasteiger partial charge in [0.15, 0.2) is 0 Å². The third-order valence-corrected chi connectivity index (χ3v) is 2.02. The van der Waals surface area contributed by atoms with Crippen molar-refractivity contribution in [1.82, 2.24) is 5.06 Å². The Bertz CT molecular complexity index is 241. The molecule has 1 amide bonds. The summed E-state index contributed by atoms with van der Waals surface area (Å²) in [6.45, 7) is 0. The van der Waals surface area contributed by atoms with Crippen LogP contribution in [0.15, 0.2) is 23.8 Å². The molecule has 0 aliphatic carbocycles. The maximum absolute atomic E-state index is 11.6. The molecule has 0 saturated heterocycles. The molecule has 0 rings (SSSR count). The van der Waals surface area contributed by atoms with Gasteiger partial charge in [-0.15, -0.1) is 11.6 Å². The normalized spacial score (nSPS) is 12.1. The number of carbonyl (C=O) groups excluding carboxylic acids is 1. The van der Waals surface area contributed by atoms with E-state index in [2.05, 4.69) is 15.9 Å². The summed E-state index contributed by atoms with van der Waals surface area (Å²) in [7, 11) is 2.98. The molecule has 0 aliphatic rings. The van der Waals surface area contributed by atoms with Gasteiger partial charge in [-0.05, 0) is 0 Å². The van der Waals surface area contributed by atoms with E-state index in [0.717, 1.165) is 5.06 Å². The van der Waals surface area contributed by atoms with Crippen LogP contribution >= 0.6 is 27.5 Å². The molecule has 0 bridgehead atoms. The molecule has 0 saturated carbocycles. The number of allylic oxidation sites excluding steroid dienone is 2. The number of amides is 1. The smallest absolute Gasteiger partial charge is 0.274 e. The van der Waals surface area contributed by atoms with E-state index >= 15 is 0 Å². The third-order valence-electron chi connectivity index (χ3n) is 1.49. The van der Waals surface area contributed by atoms with Gasteiger partial charge >= 0.3 is 0 Å². The second-order valence-electron chi connectivity index (χ2n) is 2.36. The number of carbonyl (C=O) groups is 1. The van der Waals surface area contributed by atoms with E-state index in [1.807, 2.05) is 6.08 Å². The predicted molar refractivity (Wildman–Crippen MR) is 61.5 cm³/mol. The summed E-state index contributed by atoms with van der Waals surface area (Å²) in [5.74, 6) is 0.0796. The summed E-state index contributed by atoms with van der Waals surface area (Å²) >= 11 is 8.76. The van der Waals surface area contributed by atoms with E-state index in [4.69, 9.17) is 16.4 Å². The van der Waals surface area contributed by atoms with Crippen LogP contribution in [0.5, 0.6) is 0 Å². The molecule has 0 fully saturated rings. The minimum atomic E-state index is -0.217. The summed E-state index contributed by atoms with van der Waals surface area (Å²) in [4.78, 5) is 16.4. The van der Waals surface area contributed by atoms with Crippen molar-refractivity contribution >= 4 is 33.4 Å². The molecule has 0 aromatic heterocycles. The van der Waals surface area contributed by atoms with Crippen molar-refractivity contribution in [3.05, 3.63) is 23.8 Å². The van der Waals surface area contributed by atoms with E-state index in [1.54, 1.807) is 19.2 Å². The molecule has 0 aromatic carbocycles. The molecule has 0 heterocycles. The topological polar surface area (TPSA) is 29.5 Å². The largest absolute Gasteiger partial charge is 0.276 e. The molecule has 0 aliphatic heterocycles. The van der Waals surface area contributed by atoms with E-state index in [-0.39, 0.29) is 5.91 Å². The summed E-state index contributed by atoms with van der Waals surface area (Å²) in [6.07, 6.45) is 5.16. The lowest BCUT2D eigenvalue weighted by Crippen LogP contribution is -2.26. The van der Waals surface area contributed by atoms with Crippen molar-refractivity contribution in [1.29, 1.82) is 0 Å². The number of nitrogens with zero attached hydrogens (tertiary/aromatic N) is 1. The average Bonchev–Trinajstić information content (AvgIpc) is 2.22. The molecule has 0 N–H and O–H groups in total. The summed E-state index contributed by atoms with van der Waals surface area (Å²) in [5.41, 5.74) is 0.517. The van der Waals surface area contributed by atoms with Gasteiger partial charge in [0.25, 0.3) is 5.91 Å². The van der Waals surface area contributed by atoms with E-state index in [9.17, 15) is 4.79 Å². The van der Waals surface area contributed by atoms with Gasteiger partial charge in [0.05, 0.1) is 7.11 Å². The maximum atomic E-state index is 11.6. The average molecular weight is 283 g/mol. The van der Waals surface area contributed by atoms with E-state index in [0.29, 0.717) is 16.8 Å². The van der Waals surface area contributed by atoms with Crippen molar-refractivity contribution in [2.24, 2.45) is 0 Å². The summed E-state index contributed by atoms with van der Waals surface area (Å²) < 4.78 is 0. The van der Waals surface area contributed by atoms with Gasteiger partial charge in [0.2, 0.25) is 0 Å². The number of alkyl halides is 2. The summed E-state index contributed by atoms with van der Waals surface area (Å²) in [6, 6.07) is 0. The van der Waals surface area contributed by atoms with Crippen molar-refractivity contribution < 1.29 is 9.63 Å². The molecule has 0 aromatic rings. The SMILES string of the molecule is CON(C)C(=O)C(/C=C\CBr)=C/CCl. The Morgan fingerprint density at radius 3 is 2.71 bits per heavy atom. The fourth-order valence-electron chi connectivity index (χ4n) is 0.746. The quantitative estimate of drug-likeness (QED) is 0.335. The van der Waals surface area contributed by atoms with Crippen LogP contribution in [0.2, 0.25) is 0 Å². The molecule has 14 heavy (non-hydrogen) atoms. The second-order valence-corrected chi connectivity index (χ2v) is 3.31. The van der Waals surface area contributed by atoms with Gasteiger partial charge in [-0.3, -0.25) is 9.63 Å². The lowest BCUT2D eigenvalue weighted by molar-refractivity contribution is -0.163. The van der Waals surface area contributed by atoms with E-state index < -0.39 is 0 Å². The minimum absolute atomic E-state index is 0.217. The van der Waals surface area contributed by atoms with Crippen LogP contribution in [-0.2, 0) is 9.63 Å². The molecule has 0 atom stereocenters. The fraction of sp³-hybridized carbons (Fsp3) is 0.444. The number of hydroxylamine groups is 2. The first-order valence-corrected chi connectivity index (χ1v) is 5.63. The second kappa shape index (κ2) is 8.03. The zero-order valence-electron chi connectivity index (χ0n) is 8.17. The molecular weight excluding hydrogens is 269 g/mol. The maximum Gasteiger partial charge on any atom is 0.276 e. The zero-order chi connectivity index (χ0) is 11.0. The molecule has 3 nitrogen and oxygen atoms in total. The van der Waals surface area contributed by atoms with Gasteiger partial charge in [0, 0.05) is 23.8 Å². The summed E-state index contributed by atoms with van der Waals surface area (Å²) in [5, 5.41) is 1.84. The van der Waals surface area contributed by atoms with Crippen LogP contribution in [0.25, 0.3) is 0 Å². The van der Waals surface area contributed by atoms with Crippen LogP contribution in [0.3, 0.4) is 0 Å². The molecule has 80 valence electrons. The minimum Gasteiger partial charge on any atom is -0.274 e. The zero-order valence-corrected chi connectivity index (χ0v) is 10.5. The standard InChI is InChI=1S/C9H13BrClNO2/c1-12(14-2)9(13)8(5-7-11)4-3-6-10/h3-5H,6-7H2,1-2H3/b4-3-,8-5+. The van der Waals surface area contributed by atoms with Gasteiger partial charge < -0.3 is 0 Å². The van der Waals surface area contributed by atoms with Crippen LogP contribution < -0.4 is 0 Å². The Labute approximate surface area is 97.4 Å². The molecule has 0 unspecified atom stereocenters. The highest BCUT2D eigenvalue weighted by Crippen LogP contribution is 2.04. The molecule has 0 radical (unpaired) electrons. The van der Waals surface area contributed by atoms with Crippen LogP contribution in [-0.4, -0.2) is 36.3 Å². The number of hydrogen-bond acceptors (Lipinski definition) is 2. The van der Waals surface area contributed by atoms with Gasteiger partial charge in [-0.2, -0.15) is 0 Å². The van der Waals surface area contributed by atoms with Crippen molar-refractivity contribution in [2.75, 3.05) is 25.4 Å². The molecular formula is C9H13BrClNO2. The predicted octanol–water partition coefficient (Wildman–Crippen LogP) is 2.12. The lowest BCUT2D eigenvalue weighted by atomic mass is 10.2. The third kappa shape index (κ3) is 4.79. The van der Waals surface area contributed by atoms with E-state index in [1.165, 1.54) is 7.11 Å². The van der Waals surface area contributed by atoms with Crippen LogP contribution in [0, 0.1) is 0 Å². The highest BCUT2D eigenvalue weighted by molar-refractivity contribution is 9.09. The number of hydrogen-bond donors (Lipinski definition) is 0. The number of likely N-dealkylation sites (N-methyl/N-ethyl adjacent to an activating group) is 1. The number of rotatable bonds is 5. The monoisotopic (exact) mass is 281 g/mol. The van der Waals surface area contributed by atoms with Crippen molar-refractivity contribution in [2.45, 2.75) is 0 Å². The van der Waals surface area contributed by atoms with Crippen LogP contribution in [0.1, 0.15) is 0 Å². The highest BCUT2D eigenvalue weighted by atomic mass is 79.9. The fourth-order valence-corrected chi connectivity index (χ4v) is 1.10. The first-order valence-electron chi connectivity index (χ1n) is 3.98. The number of halogens is 2. The van der Waals surface area contributed by atoms with Gasteiger partial charge in [-0.1, -0.05) is 34.2 Å². The van der Waals surface area contributed by atoms with Gasteiger partial charge in [0.1, 0.15) is 0 Å². The highest BCUT2D eigenvalue weighted by Gasteiger charge is 2.10. The Morgan fingerprint density at radius 1 is 1.64 bits per heavy atom. The molecule has 5 heteroatoms. The van der Waals surface area contributed by atoms with Crippen LogP contribution in [0.4, 0.5) is 0 Å².